The topological polar surface area (TPSA) is 107 Å². The van der Waals surface area contributed by atoms with Gasteiger partial charge in [-0.15, -0.1) is 0 Å². The molecule has 5 rings (SSSR count). The van der Waals surface area contributed by atoms with Crippen molar-refractivity contribution in [1.29, 1.82) is 0 Å². The zero-order valence-corrected chi connectivity index (χ0v) is 20.5. The fourth-order valence-electron chi connectivity index (χ4n) is 4.68. The number of nitrogens with one attached hydrogen (secondary N) is 2. The number of aromatic nitrogens is 3. The van der Waals surface area contributed by atoms with Crippen LogP contribution in [-0.2, 0) is 17.8 Å². The fraction of sp³-hybridized carbons (Fsp3) is 0.259. The van der Waals surface area contributed by atoms with E-state index in [9.17, 15) is 18.8 Å². The number of carbonyl (C=O) groups excluding carboxylic acids is 2. The summed E-state index contributed by atoms with van der Waals surface area (Å²) in [5.74, 6) is -0.946. The van der Waals surface area contributed by atoms with Gasteiger partial charge < -0.3 is 15.4 Å². The third-order valence-corrected chi connectivity index (χ3v) is 6.35. The number of fused-ring (bicyclic) bond motifs is 1. The number of hydrogen-bond acceptors (Lipinski definition) is 5. The molecule has 9 nitrogen and oxygen atoms in total. The number of hydrogen-bond donors (Lipinski definition) is 2. The van der Waals surface area contributed by atoms with E-state index in [0.717, 1.165) is 24.6 Å². The molecular formula is C27H26FN5O4. The smallest absolute Gasteiger partial charge is 0.284 e. The van der Waals surface area contributed by atoms with Crippen molar-refractivity contribution in [2.75, 3.05) is 10.6 Å². The van der Waals surface area contributed by atoms with Crippen LogP contribution >= 0.6 is 0 Å². The number of anilines is 2. The third-order valence-electron chi connectivity index (χ3n) is 6.35. The maximum Gasteiger partial charge on any atom is 0.284 e. The van der Waals surface area contributed by atoms with E-state index in [1.165, 1.54) is 37.4 Å². The van der Waals surface area contributed by atoms with E-state index in [1.807, 2.05) is 16.8 Å². The van der Waals surface area contributed by atoms with E-state index in [-0.39, 0.29) is 46.0 Å². The lowest BCUT2D eigenvalue weighted by atomic mass is 9.99. The molecule has 2 N–H and O–H groups in total. The molecule has 0 saturated heterocycles. The largest absolute Gasteiger partial charge is 0.454 e. The van der Waals surface area contributed by atoms with E-state index >= 15 is 0 Å². The number of halogens is 1. The number of carbonyl (C=O) groups is 2. The molecule has 190 valence electrons. The minimum atomic E-state index is -0.705. The predicted octanol–water partition coefficient (Wildman–Crippen LogP) is 4.57. The summed E-state index contributed by atoms with van der Waals surface area (Å²) in [7, 11) is 0. The maximum absolute atomic E-state index is 14.8. The monoisotopic (exact) mass is 503 g/mol. The van der Waals surface area contributed by atoms with Crippen molar-refractivity contribution in [3.05, 3.63) is 82.2 Å². The van der Waals surface area contributed by atoms with Crippen LogP contribution in [0.4, 0.5) is 15.9 Å². The van der Waals surface area contributed by atoms with E-state index in [2.05, 4.69) is 28.6 Å². The second kappa shape index (κ2) is 9.88. The fourth-order valence-corrected chi connectivity index (χ4v) is 4.68. The first kappa shape index (κ1) is 24.2. The van der Waals surface area contributed by atoms with Gasteiger partial charge in [-0.25, -0.2) is 14.1 Å². The third kappa shape index (κ3) is 4.82. The van der Waals surface area contributed by atoms with Crippen molar-refractivity contribution in [3.8, 4) is 11.5 Å². The normalized spacial score (nSPS) is 16.2. The van der Waals surface area contributed by atoms with E-state index in [1.54, 1.807) is 4.68 Å². The number of allylic oxidation sites excluding steroid dienone is 4. The van der Waals surface area contributed by atoms with Crippen molar-refractivity contribution in [2.45, 2.75) is 39.7 Å². The zero-order chi connectivity index (χ0) is 26.1. The van der Waals surface area contributed by atoms with Crippen LogP contribution in [-0.4, -0.2) is 26.2 Å². The molecule has 1 aliphatic heterocycles. The van der Waals surface area contributed by atoms with Crippen molar-refractivity contribution in [3.63, 3.8) is 0 Å². The van der Waals surface area contributed by atoms with Crippen LogP contribution in [0.2, 0.25) is 0 Å². The minimum Gasteiger partial charge on any atom is -0.454 e. The molecule has 1 atom stereocenters. The number of ether oxygens (including phenoxy) is 1. The van der Waals surface area contributed by atoms with Crippen LogP contribution < -0.4 is 20.9 Å². The number of nitrogens with zero attached hydrogens (tertiary/aromatic N) is 3. The van der Waals surface area contributed by atoms with E-state index in [4.69, 9.17) is 4.74 Å². The average molecular weight is 504 g/mol. The van der Waals surface area contributed by atoms with Gasteiger partial charge in [0.05, 0.1) is 5.69 Å². The van der Waals surface area contributed by atoms with Gasteiger partial charge in [0, 0.05) is 49.1 Å². The standard InChI is InChI=1S/C27H26FN5O4/c1-16-6-3-4-7-21(16)33-27(36)25(22-8-5-13-32(22)33)26(35)31-18-9-10-23(20(28)14-18)37-19-11-12-29-24(15-19)30-17(2)34/h3-4,7,9-12,14-16H,5-6,8,13H2,1-2H3,(H,31,35)(H,29,30,34). The predicted molar refractivity (Wildman–Crippen MR) is 137 cm³/mol. The Hall–Kier alpha value is -4.47. The van der Waals surface area contributed by atoms with Crippen LogP contribution in [0.15, 0.2) is 59.6 Å². The molecule has 0 fully saturated rings. The maximum atomic E-state index is 14.8. The van der Waals surface area contributed by atoms with Gasteiger partial charge in [0.1, 0.15) is 17.1 Å². The highest BCUT2D eigenvalue weighted by molar-refractivity contribution is 6.05. The van der Waals surface area contributed by atoms with Gasteiger partial charge in [0.25, 0.3) is 11.5 Å². The van der Waals surface area contributed by atoms with Gasteiger partial charge in [-0.3, -0.25) is 19.1 Å². The molecule has 1 unspecified atom stereocenters. The first-order valence-corrected chi connectivity index (χ1v) is 12.1. The molecule has 3 heterocycles. The number of benzene rings is 1. The van der Waals surface area contributed by atoms with Gasteiger partial charge >= 0.3 is 0 Å². The van der Waals surface area contributed by atoms with Gasteiger partial charge in [0.15, 0.2) is 11.6 Å². The van der Waals surface area contributed by atoms with E-state index < -0.39 is 11.7 Å². The molecule has 2 amide bonds. The van der Waals surface area contributed by atoms with Crippen LogP contribution in [0.3, 0.4) is 0 Å². The molecule has 1 aromatic carbocycles. The summed E-state index contributed by atoms with van der Waals surface area (Å²) < 4.78 is 23.9. The van der Waals surface area contributed by atoms with Crippen LogP contribution in [0.25, 0.3) is 5.70 Å². The minimum absolute atomic E-state index is 0.0728. The summed E-state index contributed by atoms with van der Waals surface area (Å²) in [4.78, 5) is 41.8. The molecule has 0 spiro atoms. The van der Waals surface area contributed by atoms with Crippen molar-refractivity contribution < 1.29 is 18.7 Å². The van der Waals surface area contributed by atoms with Gasteiger partial charge in [0.2, 0.25) is 5.91 Å². The lowest BCUT2D eigenvalue weighted by Crippen LogP contribution is -2.29. The summed E-state index contributed by atoms with van der Waals surface area (Å²) in [5, 5.41) is 5.20. The van der Waals surface area contributed by atoms with Crippen molar-refractivity contribution in [1.82, 2.24) is 14.3 Å². The van der Waals surface area contributed by atoms with E-state index in [0.29, 0.717) is 18.7 Å². The first-order valence-electron chi connectivity index (χ1n) is 12.1. The molecule has 2 aromatic heterocycles. The Morgan fingerprint density at radius 3 is 2.78 bits per heavy atom. The summed E-state index contributed by atoms with van der Waals surface area (Å²) in [6.07, 6.45) is 9.61. The molecule has 3 aromatic rings. The molecule has 1 aliphatic carbocycles. The molecular weight excluding hydrogens is 477 g/mol. The summed E-state index contributed by atoms with van der Waals surface area (Å²) in [5.41, 5.74) is 1.47. The Morgan fingerprint density at radius 1 is 1.19 bits per heavy atom. The lowest BCUT2D eigenvalue weighted by molar-refractivity contribution is -0.114. The quantitative estimate of drug-likeness (QED) is 0.513. The van der Waals surface area contributed by atoms with Crippen LogP contribution in [0.5, 0.6) is 11.5 Å². The highest BCUT2D eigenvalue weighted by atomic mass is 19.1. The van der Waals surface area contributed by atoms with Crippen LogP contribution in [0, 0.1) is 11.7 Å². The Bertz CT molecular complexity index is 1520. The van der Waals surface area contributed by atoms with Gasteiger partial charge in [-0.1, -0.05) is 19.1 Å². The highest BCUT2D eigenvalue weighted by Crippen LogP contribution is 2.29. The second-order valence-electron chi connectivity index (χ2n) is 9.08. The Morgan fingerprint density at radius 2 is 2.03 bits per heavy atom. The number of amides is 2. The molecule has 0 saturated carbocycles. The summed E-state index contributed by atoms with van der Waals surface area (Å²) in [6, 6.07) is 7.00. The first-order chi connectivity index (χ1) is 17.8. The highest BCUT2D eigenvalue weighted by Gasteiger charge is 2.30. The second-order valence-corrected chi connectivity index (χ2v) is 9.08. The molecule has 0 bridgehead atoms. The zero-order valence-electron chi connectivity index (χ0n) is 20.5. The Balaban J connectivity index is 1.37. The van der Waals surface area contributed by atoms with Crippen molar-refractivity contribution in [2.24, 2.45) is 5.92 Å². The SMILES string of the molecule is CC(=O)Nc1cc(Oc2ccc(NC(=O)c3c4n(n(C5=CC=CCC5C)c3=O)CCC4)cc2F)ccn1. The number of pyridine rings is 1. The molecule has 2 aliphatic rings. The Labute approximate surface area is 212 Å². The number of rotatable bonds is 6. The summed E-state index contributed by atoms with van der Waals surface area (Å²) in [6.45, 7) is 4.06. The Kier molecular flexibility index (Phi) is 6.47. The molecule has 0 radical (unpaired) electrons. The lowest BCUT2D eigenvalue weighted by Gasteiger charge is -2.20. The average Bonchev–Trinajstić information content (AvgIpc) is 3.41. The van der Waals surface area contributed by atoms with Gasteiger partial charge in [-0.2, -0.15) is 0 Å². The molecule has 10 heteroatoms. The molecule has 37 heavy (non-hydrogen) atoms. The van der Waals surface area contributed by atoms with Crippen LogP contribution in [0.1, 0.15) is 42.7 Å². The summed E-state index contributed by atoms with van der Waals surface area (Å²) >= 11 is 0. The van der Waals surface area contributed by atoms with Crippen molar-refractivity contribution >= 4 is 29.0 Å². The van der Waals surface area contributed by atoms with Gasteiger partial charge in [-0.05, 0) is 43.5 Å².